The van der Waals surface area contributed by atoms with Gasteiger partial charge in [-0.3, -0.25) is 0 Å². The summed E-state index contributed by atoms with van der Waals surface area (Å²) < 4.78 is 16.4. The summed E-state index contributed by atoms with van der Waals surface area (Å²) >= 11 is 0. The van der Waals surface area contributed by atoms with Crippen LogP contribution in [0.4, 0.5) is 0 Å². The average Bonchev–Trinajstić information content (AvgIpc) is 2.26. The zero-order valence-corrected chi connectivity index (χ0v) is 9.22. The molecule has 0 aromatic rings. The summed E-state index contributed by atoms with van der Waals surface area (Å²) in [6, 6.07) is 0. The first-order chi connectivity index (χ1) is 7.31. The number of aliphatic hydroxyl groups excluding tert-OH is 1. The van der Waals surface area contributed by atoms with Crippen molar-refractivity contribution in [2.24, 2.45) is 0 Å². The molecule has 0 spiro atoms. The number of hydrogen-bond acceptors (Lipinski definition) is 4. The van der Waals surface area contributed by atoms with Gasteiger partial charge in [0.15, 0.2) is 0 Å². The minimum Gasteiger partial charge on any atom is -0.390 e. The highest BCUT2D eigenvalue weighted by atomic mass is 16.6. The van der Waals surface area contributed by atoms with Crippen molar-refractivity contribution in [1.29, 1.82) is 0 Å². The molecule has 1 aliphatic carbocycles. The Morgan fingerprint density at radius 2 is 2.27 bits per heavy atom. The lowest BCUT2D eigenvalue weighted by atomic mass is 9.88. The summed E-state index contributed by atoms with van der Waals surface area (Å²) in [5.41, 5.74) is 0. The molecular formula is C11H20O4. The Kier molecular flexibility index (Phi) is 3.97. The van der Waals surface area contributed by atoms with E-state index >= 15 is 0 Å². The molecule has 88 valence electrons. The molecule has 0 radical (unpaired) electrons. The normalized spacial score (nSPS) is 41.2. The Balaban J connectivity index is 1.65. The van der Waals surface area contributed by atoms with Gasteiger partial charge < -0.3 is 19.3 Å². The Hall–Kier alpha value is -0.160. The molecule has 4 atom stereocenters. The van der Waals surface area contributed by atoms with Crippen LogP contribution in [-0.2, 0) is 14.2 Å². The Morgan fingerprint density at radius 3 is 2.87 bits per heavy atom. The van der Waals surface area contributed by atoms with Crippen LogP contribution in [0.5, 0.6) is 0 Å². The maximum absolute atomic E-state index is 9.38. The molecule has 0 aromatic heterocycles. The topological polar surface area (TPSA) is 47.9 Å². The first kappa shape index (κ1) is 11.3. The van der Waals surface area contributed by atoms with Crippen molar-refractivity contribution < 1.29 is 19.3 Å². The average molecular weight is 216 g/mol. The van der Waals surface area contributed by atoms with Crippen molar-refractivity contribution in [3.05, 3.63) is 0 Å². The van der Waals surface area contributed by atoms with E-state index in [-0.39, 0.29) is 24.4 Å². The molecule has 2 aliphatic rings. The second-order valence-electron chi connectivity index (χ2n) is 4.36. The van der Waals surface area contributed by atoms with Crippen LogP contribution in [0.25, 0.3) is 0 Å². The third-order valence-corrected chi connectivity index (χ3v) is 3.26. The van der Waals surface area contributed by atoms with E-state index in [1.54, 1.807) is 7.11 Å². The molecule has 4 heteroatoms. The number of ether oxygens (including phenoxy) is 3. The fourth-order valence-electron chi connectivity index (χ4n) is 2.20. The van der Waals surface area contributed by atoms with Crippen LogP contribution < -0.4 is 0 Å². The SMILES string of the molecule is COC1C(O)CC1OCC1CCCCO1. The van der Waals surface area contributed by atoms with Gasteiger partial charge in [-0.05, 0) is 19.3 Å². The molecule has 4 unspecified atom stereocenters. The first-order valence-electron chi connectivity index (χ1n) is 5.75. The number of aliphatic hydroxyl groups is 1. The molecule has 2 rings (SSSR count). The quantitative estimate of drug-likeness (QED) is 0.752. The van der Waals surface area contributed by atoms with Crippen molar-refractivity contribution in [2.75, 3.05) is 20.3 Å². The van der Waals surface area contributed by atoms with Crippen molar-refractivity contribution in [1.82, 2.24) is 0 Å². The largest absolute Gasteiger partial charge is 0.390 e. The monoisotopic (exact) mass is 216 g/mol. The van der Waals surface area contributed by atoms with E-state index in [1.165, 1.54) is 12.8 Å². The summed E-state index contributed by atoms with van der Waals surface area (Å²) in [6.07, 6.45) is 3.97. The van der Waals surface area contributed by atoms with Crippen LogP contribution in [-0.4, -0.2) is 49.8 Å². The Labute approximate surface area is 90.5 Å². The molecule has 1 heterocycles. The van der Waals surface area contributed by atoms with Crippen molar-refractivity contribution in [2.45, 2.75) is 50.1 Å². The predicted octanol–water partition coefficient (Wildman–Crippen LogP) is 0.720. The van der Waals surface area contributed by atoms with E-state index in [2.05, 4.69) is 0 Å². The summed E-state index contributed by atoms with van der Waals surface area (Å²) in [4.78, 5) is 0. The van der Waals surface area contributed by atoms with E-state index in [9.17, 15) is 5.11 Å². The van der Waals surface area contributed by atoms with E-state index < -0.39 is 0 Å². The van der Waals surface area contributed by atoms with Crippen LogP contribution in [0.1, 0.15) is 25.7 Å². The molecule has 0 bridgehead atoms. The van der Waals surface area contributed by atoms with Crippen molar-refractivity contribution >= 4 is 0 Å². The number of methoxy groups -OCH3 is 1. The van der Waals surface area contributed by atoms with Gasteiger partial charge in [-0.1, -0.05) is 0 Å². The fourth-order valence-corrected chi connectivity index (χ4v) is 2.20. The second kappa shape index (κ2) is 5.25. The standard InChI is InChI=1S/C11H20O4/c1-13-11-9(12)6-10(11)15-7-8-4-2-3-5-14-8/h8-12H,2-7H2,1H3. The third kappa shape index (κ3) is 2.69. The van der Waals surface area contributed by atoms with Crippen molar-refractivity contribution in [3.8, 4) is 0 Å². The highest BCUT2D eigenvalue weighted by Gasteiger charge is 2.41. The van der Waals surface area contributed by atoms with Gasteiger partial charge in [0.2, 0.25) is 0 Å². The van der Waals surface area contributed by atoms with E-state index in [4.69, 9.17) is 14.2 Å². The summed E-state index contributed by atoms with van der Waals surface area (Å²) in [5, 5.41) is 9.38. The lowest BCUT2D eigenvalue weighted by Crippen LogP contribution is -2.53. The minimum absolute atomic E-state index is 0.0514. The van der Waals surface area contributed by atoms with Crippen LogP contribution in [0.15, 0.2) is 0 Å². The first-order valence-corrected chi connectivity index (χ1v) is 5.75. The van der Waals surface area contributed by atoms with Gasteiger partial charge in [0, 0.05) is 20.1 Å². The van der Waals surface area contributed by atoms with E-state index in [0.717, 1.165) is 13.0 Å². The van der Waals surface area contributed by atoms with Crippen LogP contribution in [0, 0.1) is 0 Å². The van der Waals surface area contributed by atoms with E-state index in [0.29, 0.717) is 13.0 Å². The number of hydrogen-bond donors (Lipinski definition) is 1. The highest BCUT2D eigenvalue weighted by molar-refractivity contribution is 4.91. The van der Waals surface area contributed by atoms with Gasteiger partial charge in [-0.15, -0.1) is 0 Å². The number of rotatable bonds is 4. The molecule has 1 saturated carbocycles. The zero-order chi connectivity index (χ0) is 10.7. The highest BCUT2D eigenvalue weighted by Crippen LogP contribution is 2.27. The van der Waals surface area contributed by atoms with Gasteiger partial charge in [-0.2, -0.15) is 0 Å². The second-order valence-corrected chi connectivity index (χ2v) is 4.36. The molecule has 1 N–H and O–H groups in total. The third-order valence-electron chi connectivity index (χ3n) is 3.26. The maximum Gasteiger partial charge on any atom is 0.109 e. The smallest absolute Gasteiger partial charge is 0.109 e. The zero-order valence-electron chi connectivity index (χ0n) is 9.22. The Bertz CT molecular complexity index is 191. The van der Waals surface area contributed by atoms with Gasteiger partial charge in [-0.25, -0.2) is 0 Å². The van der Waals surface area contributed by atoms with E-state index in [1.807, 2.05) is 0 Å². The summed E-state index contributed by atoms with van der Waals surface area (Å²) in [7, 11) is 1.61. The van der Waals surface area contributed by atoms with Gasteiger partial charge in [0.05, 0.1) is 24.9 Å². The van der Waals surface area contributed by atoms with Crippen LogP contribution >= 0.6 is 0 Å². The molecule has 15 heavy (non-hydrogen) atoms. The maximum atomic E-state index is 9.38. The fraction of sp³-hybridized carbons (Fsp3) is 1.00. The summed E-state index contributed by atoms with van der Waals surface area (Å²) in [6.45, 7) is 1.49. The molecule has 1 aliphatic heterocycles. The molecule has 4 nitrogen and oxygen atoms in total. The minimum atomic E-state index is -0.354. The van der Waals surface area contributed by atoms with Gasteiger partial charge >= 0.3 is 0 Å². The molecule has 0 aromatic carbocycles. The Morgan fingerprint density at radius 1 is 1.40 bits per heavy atom. The molecular weight excluding hydrogens is 196 g/mol. The van der Waals surface area contributed by atoms with Gasteiger partial charge in [0.25, 0.3) is 0 Å². The summed E-state index contributed by atoms with van der Waals surface area (Å²) in [5.74, 6) is 0. The molecule has 0 amide bonds. The molecule has 2 fully saturated rings. The lowest BCUT2D eigenvalue weighted by molar-refractivity contribution is -0.193. The predicted molar refractivity (Wildman–Crippen MR) is 54.8 cm³/mol. The van der Waals surface area contributed by atoms with Crippen LogP contribution in [0.2, 0.25) is 0 Å². The van der Waals surface area contributed by atoms with Gasteiger partial charge in [0.1, 0.15) is 6.10 Å². The van der Waals surface area contributed by atoms with Crippen molar-refractivity contribution in [3.63, 3.8) is 0 Å². The van der Waals surface area contributed by atoms with Crippen LogP contribution in [0.3, 0.4) is 0 Å². The molecule has 1 saturated heterocycles. The lowest BCUT2D eigenvalue weighted by Gasteiger charge is -2.40.